The van der Waals surface area contributed by atoms with Crippen LogP contribution in [-0.4, -0.2) is 65.7 Å². The number of carboxylic acid groups (broad SMARTS) is 1. The number of carbonyl (C=O) groups excluding carboxylic acids is 2. The summed E-state index contributed by atoms with van der Waals surface area (Å²) in [5, 5.41) is 11.9. The molecule has 2 aromatic carbocycles. The van der Waals surface area contributed by atoms with Gasteiger partial charge in [0, 0.05) is 19.0 Å². The Labute approximate surface area is 203 Å². The van der Waals surface area contributed by atoms with Crippen LogP contribution >= 0.6 is 11.8 Å². The van der Waals surface area contributed by atoms with Gasteiger partial charge in [-0.3, -0.25) is 9.59 Å². The summed E-state index contributed by atoms with van der Waals surface area (Å²) in [4.78, 5) is 38.5. The molecule has 2 aromatic rings. The smallest absolute Gasteiger partial charge is 0.407 e. The van der Waals surface area contributed by atoms with Crippen LogP contribution in [0.3, 0.4) is 0 Å². The van der Waals surface area contributed by atoms with E-state index in [9.17, 15) is 14.4 Å². The number of alkyl carbamates (subject to hydrolysis) is 1. The number of nitrogens with one attached hydrogen (secondary N) is 1. The Hall–Kier alpha value is -3.00. The van der Waals surface area contributed by atoms with Gasteiger partial charge < -0.3 is 20.1 Å². The Morgan fingerprint density at radius 2 is 1.68 bits per heavy atom. The fourth-order valence-corrected chi connectivity index (χ4v) is 5.28. The molecule has 0 saturated heterocycles. The van der Waals surface area contributed by atoms with E-state index >= 15 is 0 Å². The molecule has 1 unspecified atom stereocenters. The fraction of sp³-hybridized carbons (Fsp3) is 0.423. The Bertz CT molecular complexity index is 1020. The van der Waals surface area contributed by atoms with E-state index in [0.717, 1.165) is 22.3 Å². The third kappa shape index (κ3) is 4.92. The van der Waals surface area contributed by atoms with E-state index in [1.54, 1.807) is 23.7 Å². The van der Waals surface area contributed by atoms with Crippen molar-refractivity contribution in [3.63, 3.8) is 0 Å². The first-order valence-electron chi connectivity index (χ1n) is 11.5. The van der Waals surface area contributed by atoms with Gasteiger partial charge in [-0.25, -0.2) is 4.79 Å². The molecule has 1 atom stereocenters. The molecule has 2 aliphatic carbocycles. The molecular formula is C26H30N2O5S. The Balaban J connectivity index is 1.38. The molecule has 0 aliphatic heterocycles. The van der Waals surface area contributed by atoms with Crippen LogP contribution in [0.5, 0.6) is 0 Å². The van der Waals surface area contributed by atoms with Crippen molar-refractivity contribution in [1.29, 1.82) is 0 Å². The zero-order valence-electron chi connectivity index (χ0n) is 19.4. The average Bonchev–Trinajstić information content (AvgIpc) is 3.12. The van der Waals surface area contributed by atoms with Crippen molar-refractivity contribution in [1.82, 2.24) is 10.2 Å². The lowest BCUT2D eigenvalue weighted by molar-refractivity contribution is -0.150. The van der Waals surface area contributed by atoms with Gasteiger partial charge in [-0.05, 0) is 53.5 Å². The van der Waals surface area contributed by atoms with Crippen LogP contribution in [0.2, 0.25) is 0 Å². The minimum atomic E-state index is -0.826. The SMILES string of the molecule is CSCCC(NC(=O)OCC1c2ccccc2-c2ccccc21)C(=O)N(C)C1CC(C(=O)O)C1. The van der Waals surface area contributed by atoms with Crippen molar-refractivity contribution in [2.75, 3.05) is 25.7 Å². The number of amides is 2. The molecule has 2 aliphatic rings. The first kappa shape index (κ1) is 24.1. The van der Waals surface area contributed by atoms with Gasteiger partial charge in [0.05, 0.1) is 5.92 Å². The Morgan fingerprint density at radius 1 is 1.09 bits per heavy atom. The lowest BCUT2D eigenvalue weighted by Gasteiger charge is -2.40. The van der Waals surface area contributed by atoms with Crippen LogP contribution in [0.15, 0.2) is 48.5 Å². The number of hydrogen-bond donors (Lipinski definition) is 2. The van der Waals surface area contributed by atoms with Gasteiger partial charge in [-0.15, -0.1) is 0 Å². The summed E-state index contributed by atoms with van der Waals surface area (Å²) in [6, 6.07) is 15.4. The number of ether oxygens (including phenoxy) is 1. The number of fused-ring (bicyclic) bond motifs is 3. The molecule has 2 amide bonds. The second-order valence-corrected chi connectivity index (χ2v) is 9.90. The maximum absolute atomic E-state index is 13.1. The molecule has 0 heterocycles. The zero-order valence-corrected chi connectivity index (χ0v) is 20.2. The third-order valence-electron chi connectivity index (χ3n) is 6.90. The Kier molecular flexibility index (Phi) is 7.46. The fourth-order valence-electron chi connectivity index (χ4n) is 4.81. The largest absolute Gasteiger partial charge is 0.481 e. The second kappa shape index (κ2) is 10.5. The molecule has 34 heavy (non-hydrogen) atoms. The van der Waals surface area contributed by atoms with Crippen LogP contribution in [0.4, 0.5) is 4.79 Å². The summed E-state index contributed by atoms with van der Waals surface area (Å²) in [7, 11) is 1.68. The number of hydrogen-bond acceptors (Lipinski definition) is 5. The molecule has 1 saturated carbocycles. The lowest BCUT2D eigenvalue weighted by atomic mass is 9.79. The molecule has 1 fully saturated rings. The minimum Gasteiger partial charge on any atom is -0.481 e. The maximum Gasteiger partial charge on any atom is 0.407 e. The first-order valence-corrected chi connectivity index (χ1v) is 12.9. The number of rotatable bonds is 9. The van der Waals surface area contributed by atoms with Crippen molar-refractivity contribution in [3.8, 4) is 11.1 Å². The highest BCUT2D eigenvalue weighted by Gasteiger charge is 2.40. The number of aliphatic carboxylic acids is 1. The van der Waals surface area contributed by atoms with Crippen molar-refractivity contribution >= 4 is 29.7 Å². The van der Waals surface area contributed by atoms with Crippen molar-refractivity contribution in [2.45, 2.75) is 37.3 Å². The van der Waals surface area contributed by atoms with Crippen LogP contribution in [0.25, 0.3) is 11.1 Å². The van der Waals surface area contributed by atoms with Crippen LogP contribution in [-0.2, 0) is 14.3 Å². The van der Waals surface area contributed by atoms with E-state index < -0.39 is 24.0 Å². The molecule has 7 nitrogen and oxygen atoms in total. The molecule has 4 rings (SSSR count). The molecule has 0 bridgehead atoms. The monoisotopic (exact) mass is 482 g/mol. The van der Waals surface area contributed by atoms with Gasteiger partial charge in [-0.2, -0.15) is 11.8 Å². The van der Waals surface area contributed by atoms with Gasteiger partial charge in [0.25, 0.3) is 0 Å². The normalized spacial score (nSPS) is 19.4. The quantitative estimate of drug-likeness (QED) is 0.562. The average molecular weight is 483 g/mol. The highest BCUT2D eigenvalue weighted by molar-refractivity contribution is 7.98. The van der Waals surface area contributed by atoms with E-state index in [-0.39, 0.29) is 24.5 Å². The molecule has 0 radical (unpaired) electrons. The van der Waals surface area contributed by atoms with Crippen molar-refractivity contribution in [2.24, 2.45) is 5.92 Å². The van der Waals surface area contributed by atoms with Gasteiger partial charge >= 0.3 is 12.1 Å². The lowest BCUT2D eigenvalue weighted by Crippen LogP contribution is -2.54. The number of thioether (sulfide) groups is 1. The van der Waals surface area contributed by atoms with Crippen molar-refractivity contribution < 1.29 is 24.2 Å². The topological polar surface area (TPSA) is 95.9 Å². The van der Waals surface area contributed by atoms with E-state index in [1.807, 2.05) is 30.5 Å². The first-order chi connectivity index (χ1) is 16.4. The van der Waals surface area contributed by atoms with Gasteiger partial charge in [0.1, 0.15) is 12.6 Å². The molecule has 2 N–H and O–H groups in total. The van der Waals surface area contributed by atoms with E-state index in [4.69, 9.17) is 9.84 Å². The number of benzene rings is 2. The summed E-state index contributed by atoms with van der Waals surface area (Å²) in [5.74, 6) is -0.788. The molecule has 180 valence electrons. The van der Waals surface area contributed by atoms with E-state index in [1.165, 1.54) is 0 Å². The minimum absolute atomic E-state index is 0.0518. The number of nitrogens with zero attached hydrogens (tertiary/aromatic N) is 1. The number of carbonyl (C=O) groups is 3. The number of likely N-dealkylation sites (N-methyl/N-ethyl adjacent to an activating group) is 1. The third-order valence-corrected chi connectivity index (χ3v) is 7.55. The molecule has 0 aromatic heterocycles. The Morgan fingerprint density at radius 3 is 2.24 bits per heavy atom. The van der Waals surface area contributed by atoms with Gasteiger partial charge in [0.2, 0.25) is 5.91 Å². The standard InChI is InChI=1S/C26H30N2O5S/c1-28(17-13-16(14-17)25(30)31)24(29)23(11-12-34-2)27-26(32)33-15-22-20-9-5-3-7-18(20)19-8-4-6-10-21(19)22/h3-10,16-17,22-23H,11-15H2,1-2H3,(H,27,32)(H,30,31). The van der Waals surface area contributed by atoms with Crippen LogP contribution in [0.1, 0.15) is 36.3 Å². The van der Waals surface area contributed by atoms with Crippen molar-refractivity contribution in [3.05, 3.63) is 59.7 Å². The molecule has 0 spiro atoms. The van der Waals surface area contributed by atoms with Crippen LogP contribution in [0, 0.1) is 5.92 Å². The predicted octanol–water partition coefficient (Wildman–Crippen LogP) is 3.97. The maximum atomic E-state index is 13.1. The summed E-state index contributed by atoms with van der Waals surface area (Å²) in [6.45, 7) is 0.183. The summed E-state index contributed by atoms with van der Waals surface area (Å²) in [6.07, 6.45) is 2.69. The van der Waals surface area contributed by atoms with Gasteiger partial charge in [0.15, 0.2) is 0 Å². The highest BCUT2D eigenvalue weighted by atomic mass is 32.2. The predicted molar refractivity (Wildman–Crippen MR) is 132 cm³/mol. The second-order valence-electron chi connectivity index (χ2n) is 8.91. The molecular weight excluding hydrogens is 452 g/mol. The molecule has 8 heteroatoms. The van der Waals surface area contributed by atoms with Crippen LogP contribution < -0.4 is 5.32 Å². The summed E-state index contributed by atoms with van der Waals surface area (Å²) < 4.78 is 5.62. The van der Waals surface area contributed by atoms with E-state index in [0.29, 0.717) is 25.0 Å². The van der Waals surface area contributed by atoms with E-state index in [2.05, 4.69) is 29.6 Å². The highest BCUT2D eigenvalue weighted by Crippen LogP contribution is 2.44. The number of carboxylic acids is 1. The summed E-state index contributed by atoms with van der Waals surface area (Å²) in [5.41, 5.74) is 4.57. The summed E-state index contributed by atoms with van der Waals surface area (Å²) >= 11 is 1.60. The zero-order chi connectivity index (χ0) is 24.2. The van der Waals surface area contributed by atoms with Gasteiger partial charge in [-0.1, -0.05) is 48.5 Å².